The summed E-state index contributed by atoms with van der Waals surface area (Å²) in [6, 6.07) is 17.5. The van der Waals surface area contributed by atoms with Crippen LogP contribution in [0.25, 0.3) is 10.9 Å². The van der Waals surface area contributed by atoms with Crippen LogP contribution in [0.4, 0.5) is 5.69 Å². The minimum atomic E-state index is -0.0627. The molecular formula is C23H26ClN4O2+. The molecular weight excluding hydrogens is 400 g/mol. The molecule has 6 nitrogen and oxygen atoms in total. The fourth-order valence-electron chi connectivity index (χ4n) is 4.03. The molecule has 0 spiro atoms. The third kappa shape index (κ3) is 4.50. The van der Waals surface area contributed by atoms with Crippen LogP contribution in [0.5, 0.6) is 0 Å². The van der Waals surface area contributed by atoms with Gasteiger partial charge in [0.25, 0.3) is 5.91 Å². The van der Waals surface area contributed by atoms with Gasteiger partial charge in [0.15, 0.2) is 6.54 Å². The molecule has 0 bridgehead atoms. The predicted octanol–water partition coefficient (Wildman–Crippen LogP) is 1.97. The molecule has 2 N–H and O–H groups in total. The molecule has 156 valence electrons. The van der Waals surface area contributed by atoms with Crippen molar-refractivity contribution in [1.29, 1.82) is 0 Å². The molecule has 0 aliphatic carbocycles. The number of nitrogens with one attached hydrogen (secondary N) is 2. The molecule has 1 saturated heterocycles. The number of fused-ring (bicyclic) bond motifs is 1. The number of carbonyl (C=O) groups is 2. The molecule has 7 heteroatoms. The highest BCUT2D eigenvalue weighted by Crippen LogP contribution is 2.20. The van der Waals surface area contributed by atoms with E-state index < -0.39 is 0 Å². The van der Waals surface area contributed by atoms with Crippen molar-refractivity contribution >= 4 is 40.0 Å². The van der Waals surface area contributed by atoms with Gasteiger partial charge in [-0.2, -0.15) is 0 Å². The van der Waals surface area contributed by atoms with Crippen molar-refractivity contribution in [1.82, 2.24) is 9.47 Å². The van der Waals surface area contributed by atoms with E-state index in [0.717, 1.165) is 29.7 Å². The van der Waals surface area contributed by atoms with Crippen molar-refractivity contribution in [2.45, 2.75) is 13.5 Å². The van der Waals surface area contributed by atoms with Crippen molar-refractivity contribution in [3.8, 4) is 0 Å². The van der Waals surface area contributed by atoms with Gasteiger partial charge in [-0.3, -0.25) is 9.59 Å². The maximum Gasteiger partial charge on any atom is 0.279 e. The Hall–Kier alpha value is -2.83. The molecule has 0 saturated carbocycles. The van der Waals surface area contributed by atoms with Gasteiger partial charge in [0, 0.05) is 11.2 Å². The molecule has 2 amide bonds. The summed E-state index contributed by atoms with van der Waals surface area (Å²) in [6.45, 7) is 5.58. The molecule has 1 aliphatic heterocycles. The molecule has 0 radical (unpaired) electrons. The summed E-state index contributed by atoms with van der Waals surface area (Å²) in [6.07, 6.45) is 0. The Morgan fingerprint density at radius 2 is 1.77 bits per heavy atom. The minimum Gasteiger partial charge on any atom is -0.335 e. The standard InChI is InChI=1S/C23H25ClN4O2/c1-17-14-18-6-2-5-9-21(18)28(17)16-23(30)27-12-10-26(11-13-27)15-22(29)25-20-8-4-3-7-19(20)24/h2-9,14H,10-13,15-16H2,1H3,(H,25,29)/p+1. The third-order valence-corrected chi connectivity index (χ3v) is 6.02. The van der Waals surface area contributed by atoms with Crippen molar-refractivity contribution in [2.24, 2.45) is 0 Å². The lowest BCUT2D eigenvalue weighted by molar-refractivity contribution is -0.895. The number of aromatic nitrogens is 1. The maximum absolute atomic E-state index is 12.9. The average molecular weight is 426 g/mol. The molecule has 1 fully saturated rings. The molecule has 1 aromatic heterocycles. The summed E-state index contributed by atoms with van der Waals surface area (Å²) in [5.41, 5.74) is 2.81. The summed E-state index contributed by atoms with van der Waals surface area (Å²) in [5.74, 6) is 0.0614. The predicted molar refractivity (Wildman–Crippen MR) is 119 cm³/mol. The number of nitrogens with zero attached hydrogens (tertiary/aromatic N) is 2. The first-order chi connectivity index (χ1) is 14.5. The lowest BCUT2D eigenvalue weighted by atomic mass is 10.2. The molecule has 2 aromatic carbocycles. The van der Waals surface area contributed by atoms with Gasteiger partial charge in [0.05, 0.1) is 36.9 Å². The van der Waals surface area contributed by atoms with Gasteiger partial charge in [-0.25, -0.2) is 0 Å². The van der Waals surface area contributed by atoms with Gasteiger partial charge in [-0.05, 0) is 36.6 Å². The van der Waals surface area contributed by atoms with E-state index in [2.05, 4.69) is 28.1 Å². The first kappa shape index (κ1) is 20.4. The zero-order valence-corrected chi connectivity index (χ0v) is 17.8. The van der Waals surface area contributed by atoms with E-state index >= 15 is 0 Å². The molecule has 2 heterocycles. The van der Waals surface area contributed by atoms with Gasteiger partial charge in [-0.15, -0.1) is 0 Å². The Bertz CT molecular complexity index is 1070. The number of benzene rings is 2. The van der Waals surface area contributed by atoms with Gasteiger partial charge in [-0.1, -0.05) is 41.9 Å². The van der Waals surface area contributed by atoms with E-state index in [1.165, 1.54) is 4.90 Å². The Labute approximate surface area is 181 Å². The van der Waals surface area contributed by atoms with Crippen LogP contribution in [-0.2, 0) is 16.1 Å². The number of carbonyl (C=O) groups excluding carboxylic acids is 2. The smallest absolute Gasteiger partial charge is 0.279 e. The van der Waals surface area contributed by atoms with E-state index in [1.807, 2.05) is 36.1 Å². The number of rotatable bonds is 5. The first-order valence-electron chi connectivity index (χ1n) is 10.2. The summed E-state index contributed by atoms with van der Waals surface area (Å²) < 4.78 is 2.08. The number of piperazine rings is 1. The zero-order chi connectivity index (χ0) is 21.1. The Balaban J connectivity index is 1.30. The second kappa shape index (κ2) is 8.90. The van der Waals surface area contributed by atoms with Crippen LogP contribution in [0, 0.1) is 6.92 Å². The van der Waals surface area contributed by atoms with Crippen LogP contribution in [0.15, 0.2) is 54.6 Å². The lowest BCUT2D eigenvalue weighted by Crippen LogP contribution is -3.15. The van der Waals surface area contributed by atoms with Crippen LogP contribution < -0.4 is 10.2 Å². The van der Waals surface area contributed by atoms with Gasteiger partial charge in [0.2, 0.25) is 5.91 Å². The zero-order valence-electron chi connectivity index (χ0n) is 17.0. The normalized spacial score (nSPS) is 14.8. The van der Waals surface area contributed by atoms with Crippen LogP contribution in [0.1, 0.15) is 5.69 Å². The third-order valence-electron chi connectivity index (χ3n) is 5.69. The molecule has 3 aromatic rings. The fraction of sp³-hybridized carbons (Fsp3) is 0.304. The Morgan fingerprint density at radius 3 is 2.53 bits per heavy atom. The molecule has 4 rings (SSSR count). The van der Waals surface area contributed by atoms with Gasteiger partial charge in [0.1, 0.15) is 6.54 Å². The van der Waals surface area contributed by atoms with Crippen LogP contribution in [0.3, 0.4) is 0 Å². The molecule has 1 aliphatic rings. The second-order valence-electron chi connectivity index (χ2n) is 7.77. The number of hydrogen-bond donors (Lipinski definition) is 2. The number of aryl methyl sites for hydroxylation is 1. The SMILES string of the molecule is Cc1cc2ccccc2n1CC(=O)N1CC[NH+](CC(=O)Nc2ccccc2Cl)CC1. The summed E-state index contributed by atoms with van der Waals surface area (Å²) in [7, 11) is 0. The number of amides is 2. The van der Waals surface area contributed by atoms with E-state index in [-0.39, 0.29) is 11.8 Å². The number of para-hydroxylation sites is 2. The maximum atomic E-state index is 12.9. The number of halogens is 1. The van der Waals surface area contributed by atoms with E-state index in [4.69, 9.17) is 11.6 Å². The topological polar surface area (TPSA) is 58.8 Å². The number of anilines is 1. The van der Waals surface area contributed by atoms with Crippen molar-refractivity contribution in [3.63, 3.8) is 0 Å². The number of quaternary nitrogens is 1. The van der Waals surface area contributed by atoms with Crippen molar-refractivity contribution < 1.29 is 14.5 Å². The van der Waals surface area contributed by atoms with Crippen LogP contribution >= 0.6 is 11.6 Å². The van der Waals surface area contributed by atoms with E-state index in [9.17, 15) is 9.59 Å². The van der Waals surface area contributed by atoms with E-state index in [1.54, 1.807) is 12.1 Å². The first-order valence-corrected chi connectivity index (χ1v) is 10.6. The highest BCUT2D eigenvalue weighted by Gasteiger charge is 2.26. The Morgan fingerprint density at radius 1 is 1.07 bits per heavy atom. The van der Waals surface area contributed by atoms with Gasteiger partial charge < -0.3 is 19.7 Å². The molecule has 0 atom stereocenters. The lowest BCUT2D eigenvalue weighted by Gasteiger charge is -2.32. The Kier molecular flexibility index (Phi) is 6.06. The minimum absolute atomic E-state index is 0.0627. The number of hydrogen-bond acceptors (Lipinski definition) is 2. The largest absolute Gasteiger partial charge is 0.335 e. The average Bonchev–Trinajstić information content (AvgIpc) is 3.05. The fourth-order valence-corrected chi connectivity index (χ4v) is 4.21. The van der Waals surface area contributed by atoms with E-state index in [0.29, 0.717) is 36.9 Å². The second-order valence-corrected chi connectivity index (χ2v) is 8.17. The van der Waals surface area contributed by atoms with Crippen LogP contribution in [-0.4, -0.2) is 54.0 Å². The highest BCUT2D eigenvalue weighted by atomic mass is 35.5. The van der Waals surface area contributed by atoms with Crippen LogP contribution in [0.2, 0.25) is 5.02 Å². The monoisotopic (exact) mass is 425 g/mol. The molecule has 30 heavy (non-hydrogen) atoms. The van der Waals surface area contributed by atoms with Crippen molar-refractivity contribution in [2.75, 3.05) is 38.0 Å². The summed E-state index contributed by atoms with van der Waals surface area (Å²) >= 11 is 6.10. The summed E-state index contributed by atoms with van der Waals surface area (Å²) in [4.78, 5) is 28.3. The molecule has 0 unspecified atom stereocenters. The highest BCUT2D eigenvalue weighted by molar-refractivity contribution is 6.33. The summed E-state index contributed by atoms with van der Waals surface area (Å²) in [5, 5.41) is 4.55. The quantitative estimate of drug-likeness (QED) is 0.656. The van der Waals surface area contributed by atoms with Crippen molar-refractivity contribution in [3.05, 3.63) is 65.3 Å². The van der Waals surface area contributed by atoms with Gasteiger partial charge >= 0.3 is 0 Å².